The monoisotopic (exact) mass is 299 g/mol. The van der Waals surface area contributed by atoms with E-state index in [2.05, 4.69) is 25.2 Å². The van der Waals surface area contributed by atoms with Crippen LogP contribution in [-0.4, -0.2) is 13.7 Å². The number of rotatable bonds is 8. The molecule has 2 aromatic rings. The summed E-state index contributed by atoms with van der Waals surface area (Å²) >= 11 is 0. The topological polar surface area (TPSA) is 30.5 Å². The molecule has 0 amide bonds. The van der Waals surface area contributed by atoms with Gasteiger partial charge in [0.05, 0.1) is 13.7 Å². The van der Waals surface area contributed by atoms with E-state index >= 15 is 0 Å². The average molecular weight is 299 g/mol. The van der Waals surface area contributed by atoms with Gasteiger partial charge in [-0.25, -0.2) is 0 Å². The zero-order valence-electron chi connectivity index (χ0n) is 13.6. The van der Waals surface area contributed by atoms with Crippen LogP contribution in [0.4, 0.5) is 5.69 Å². The molecule has 0 atom stereocenters. The molecule has 0 saturated carbocycles. The summed E-state index contributed by atoms with van der Waals surface area (Å²) in [7, 11) is 1.70. The SMILES string of the molecule is COc1ccccc1CNc1ccc(OCCC(C)C)cc1. The second-order valence-corrected chi connectivity index (χ2v) is 5.72. The number of ether oxygens (including phenoxy) is 2. The fourth-order valence-corrected chi connectivity index (χ4v) is 2.13. The molecule has 0 saturated heterocycles. The van der Waals surface area contributed by atoms with Crippen LogP contribution in [0.5, 0.6) is 11.5 Å². The molecule has 0 heterocycles. The lowest BCUT2D eigenvalue weighted by atomic mass is 10.1. The van der Waals surface area contributed by atoms with Crippen LogP contribution >= 0.6 is 0 Å². The summed E-state index contributed by atoms with van der Waals surface area (Å²) in [6.07, 6.45) is 1.08. The first-order valence-electron chi connectivity index (χ1n) is 7.77. The van der Waals surface area contributed by atoms with Crippen molar-refractivity contribution >= 4 is 5.69 Å². The van der Waals surface area contributed by atoms with Gasteiger partial charge in [-0.05, 0) is 42.7 Å². The number of anilines is 1. The molecular weight excluding hydrogens is 274 g/mol. The number of hydrogen-bond donors (Lipinski definition) is 1. The standard InChI is InChI=1S/C19H25NO2/c1-15(2)12-13-22-18-10-8-17(9-11-18)20-14-16-6-4-5-7-19(16)21-3/h4-11,15,20H,12-14H2,1-3H3. The highest BCUT2D eigenvalue weighted by Crippen LogP contribution is 2.20. The van der Waals surface area contributed by atoms with Gasteiger partial charge in [0.1, 0.15) is 11.5 Å². The average Bonchev–Trinajstić information content (AvgIpc) is 2.54. The maximum atomic E-state index is 5.72. The molecule has 0 radical (unpaired) electrons. The Morgan fingerprint density at radius 1 is 1.00 bits per heavy atom. The number of hydrogen-bond acceptors (Lipinski definition) is 3. The van der Waals surface area contributed by atoms with Crippen LogP contribution in [0.1, 0.15) is 25.8 Å². The van der Waals surface area contributed by atoms with Crippen LogP contribution in [0.25, 0.3) is 0 Å². The molecule has 0 unspecified atom stereocenters. The quantitative estimate of drug-likeness (QED) is 0.764. The molecule has 0 bridgehead atoms. The van der Waals surface area contributed by atoms with Gasteiger partial charge in [-0.3, -0.25) is 0 Å². The second-order valence-electron chi connectivity index (χ2n) is 5.72. The third kappa shape index (κ3) is 4.99. The minimum Gasteiger partial charge on any atom is -0.496 e. The Labute approximate surface area is 133 Å². The van der Waals surface area contributed by atoms with Gasteiger partial charge in [-0.15, -0.1) is 0 Å². The lowest BCUT2D eigenvalue weighted by molar-refractivity contribution is 0.289. The van der Waals surface area contributed by atoms with Gasteiger partial charge in [-0.2, -0.15) is 0 Å². The largest absolute Gasteiger partial charge is 0.496 e. The molecule has 1 N–H and O–H groups in total. The second kappa shape index (κ2) is 8.32. The molecule has 0 aliphatic carbocycles. The molecule has 2 aromatic carbocycles. The van der Waals surface area contributed by atoms with Crippen LogP contribution < -0.4 is 14.8 Å². The molecule has 2 rings (SSSR count). The predicted octanol–water partition coefficient (Wildman–Crippen LogP) is 4.73. The van der Waals surface area contributed by atoms with Crippen LogP contribution in [0.2, 0.25) is 0 Å². The van der Waals surface area contributed by atoms with E-state index in [4.69, 9.17) is 9.47 Å². The molecule has 0 aromatic heterocycles. The van der Waals surface area contributed by atoms with Crippen molar-refractivity contribution in [3.63, 3.8) is 0 Å². The van der Waals surface area contributed by atoms with Crippen molar-refractivity contribution in [3.8, 4) is 11.5 Å². The molecular formula is C19H25NO2. The van der Waals surface area contributed by atoms with Crippen molar-refractivity contribution in [2.45, 2.75) is 26.8 Å². The molecule has 118 valence electrons. The van der Waals surface area contributed by atoms with Gasteiger partial charge in [0.25, 0.3) is 0 Å². The fourth-order valence-electron chi connectivity index (χ4n) is 2.13. The summed E-state index contributed by atoms with van der Waals surface area (Å²) in [4.78, 5) is 0. The Hall–Kier alpha value is -2.16. The van der Waals surface area contributed by atoms with Gasteiger partial charge in [0.2, 0.25) is 0 Å². The van der Waals surface area contributed by atoms with Crippen LogP contribution in [0, 0.1) is 5.92 Å². The van der Waals surface area contributed by atoms with Gasteiger partial charge < -0.3 is 14.8 Å². The normalized spacial score (nSPS) is 10.5. The van der Waals surface area contributed by atoms with Crippen molar-refractivity contribution in [2.24, 2.45) is 5.92 Å². The highest BCUT2D eigenvalue weighted by molar-refractivity contribution is 5.47. The van der Waals surface area contributed by atoms with Gasteiger partial charge in [-0.1, -0.05) is 32.0 Å². The maximum Gasteiger partial charge on any atom is 0.123 e. The molecule has 3 heteroatoms. The Morgan fingerprint density at radius 3 is 2.41 bits per heavy atom. The van der Waals surface area contributed by atoms with Gasteiger partial charge in [0.15, 0.2) is 0 Å². The first-order chi connectivity index (χ1) is 10.7. The number of para-hydroxylation sites is 1. The predicted molar refractivity (Wildman–Crippen MR) is 91.7 cm³/mol. The van der Waals surface area contributed by atoms with Crippen molar-refractivity contribution in [1.82, 2.24) is 0 Å². The van der Waals surface area contributed by atoms with Crippen molar-refractivity contribution in [2.75, 3.05) is 19.0 Å². The van der Waals surface area contributed by atoms with E-state index in [0.717, 1.165) is 42.3 Å². The van der Waals surface area contributed by atoms with E-state index in [9.17, 15) is 0 Å². The van der Waals surface area contributed by atoms with E-state index < -0.39 is 0 Å². The summed E-state index contributed by atoms with van der Waals surface area (Å²) in [6, 6.07) is 16.1. The Morgan fingerprint density at radius 2 is 1.73 bits per heavy atom. The molecule has 3 nitrogen and oxygen atoms in total. The van der Waals surface area contributed by atoms with E-state index in [1.165, 1.54) is 0 Å². The fraction of sp³-hybridized carbons (Fsp3) is 0.368. The molecule has 22 heavy (non-hydrogen) atoms. The summed E-state index contributed by atoms with van der Waals surface area (Å²) in [5.74, 6) is 2.49. The highest BCUT2D eigenvalue weighted by atomic mass is 16.5. The summed E-state index contributed by atoms with van der Waals surface area (Å²) in [6.45, 7) is 5.91. The number of benzene rings is 2. The number of nitrogens with one attached hydrogen (secondary N) is 1. The highest BCUT2D eigenvalue weighted by Gasteiger charge is 2.02. The molecule has 0 fully saturated rings. The zero-order chi connectivity index (χ0) is 15.8. The van der Waals surface area contributed by atoms with E-state index in [1.54, 1.807) is 7.11 Å². The lowest BCUT2D eigenvalue weighted by Gasteiger charge is -2.11. The number of methoxy groups -OCH3 is 1. The third-order valence-corrected chi connectivity index (χ3v) is 3.49. The van der Waals surface area contributed by atoms with Crippen LogP contribution in [0.15, 0.2) is 48.5 Å². The summed E-state index contributed by atoms with van der Waals surface area (Å²) in [5.41, 5.74) is 2.21. The van der Waals surface area contributed by atoms with Crippen molar-refractivity contribution < 1.29 is 9.47 Å². The van der Waals surface area contributed by atoms with E-state index in [0.29, 0.717) is 5.92 Å². The van der Waals surface area contributed by atoms with Crippen molar-refractivity contribution in [3.05, 3.63) is 54.1 Å². The Kier molecular flexibility index (Phi) is 6.13. The van der Waals surface area contributed by atoms with Gasteiger partial charge >= 0.3 is 0 Å². The van der Waals surface area contributed by atoms with Crippen molar-refractivity contribution in [1.29, 1.82) is 0 Å². The first-order valence-corrected chi connectivity index (χ1v) is 7.77. The molecule has 0 aliphatic heterocycles. The maximum absolute atomic E-state index is 5.72. The smallest absolute Gasteiger partial charge is 0.123 e. The first kappa shape index (κ1) is 16.2. The summed E-state index contributed by atoms with van der Waals surface area (Å²) in [5, 5.41) is 3.40. The van der Waals surface area contributed by atoms with E-state index in [-0.39, 0.29) is 0 Å². The molecule has 0 spiro atoms. The van der Waals surface area contributed by atoms with E-state index in [1.807, 2.05) is 42.5 Å². The minimum atomic E-state index is 0.668. The Balaban J connectivity index is 1.86. The minimum absolute atomic E-state index is 0.668. The lowest BCUT2D eigenvalue weighted by Crippen LogP contribution is -2.03. The zero-order valence-corrected chi connectivity index (χ0v) is 13.6. The summed E-state index contributed by atoms with van der Waals surface area (Å²) < 4.78 is 11.1. The van der Waals surface area contributed by atoms with Crippen LogP contribution in [-0.2, 0) is 6.54 Å². The molecule has 0 aliphatic rings. The van der Waals surface area contributed by atoms with Crippen LogP contribution in [0.3, 0.4) is 0 Å². The third-order valence-electron chi connectivity index (χ3n) is 3.49. The Bertz CT molecular complexity index is 564. The van der Waals surface area contributed by atoms with Gasteiger partial charge in [0, 0.05) is 17.8 Å².